The molecule has 29 heavy (non-hydrogen) atoms. The quantitative estimate of drug-likeness (QED) is 0.700. The van der Waals surface area contributed by atoms with Gasteiger partial charge in [0.25, 0.3) is 0 Å². The lowest BCUT2D eigenvalue weighted by atomic mass is 9.94. The topological polar surface area (TPSA) is 58.4 Å². The van der Waals surface area contributed by atoms with E-state index in [2.05, 4.69) is 41.2 Å². The molecular weight excluding hydrogens is 362 g/mol. The van der Waals surface area contributed by atoms with E-state index in [1.165, 1.54) is 17.5 Å². The molecule has 0 spiro atoms. The van der Waals surface area contributed by atoms with Gasteiger partial charge in [0, 0.05) is 42.4 Å². The summed E-state index contributed by atoms with van der Waals surface area (Å²) in [6.45, 7) is 4.96. The highest BCUT2D eigenvalue weighted by atomic mass is 16.4. The van der Waals surface area contributed by atoms with E-state index in [4.69, 9.17) is 0 Å². The fourth-order valence-electron chi connectivity index (χ4n) is 4.92. The average molecular weight is 387 g/mol. The van der Waals surface area contributed by atoms with Crippen LogP contribution in [-0.2, 0) is 23.3 Å². The first-order valence-electron chi connectivity index (χ1n) is 10.2. The zero-order chi connectivity index (χ0) is 20.0. The fourth-order valence-corrected chi connectivity index (χ4v) is 4.92. The molecule has 0 radical (unpaired) electrons. The molecule has 0 bridgehead atoms. The Morgan fingerprint density at radius 2 is 1.93 bits per heavy atom. The maximum Gasteiger partial charge on any atom is 0.325 e. The molecule has 2 aliphatic rings. The molecule has 2 aromatic carbocycles. The van der Waals surface area contributed by atoms with Crippen molar-refractivity contribution in [1.29, 1.82) is 0 Å². The lowest BCUT2D eigenvalue weighted by molar-refractivity contribution is -0.137. The number of carboxylic acid groups (broad SMARTS) is 1. The molecule has 0 amide bonds. The van der Waals surface area contributed by atoms with E-state index in [9.17, 15) is 9.90 Å². The van der Waals surface area contributed by atoms with Crippen LogP contribution in [0.25, 0.3) is 11.3 Å². The van der Waals surface area contributed by atoms with Crippen molar-refractivity contribution in [2.24, 2.45) is 5.92 Å². The van der Waals surface area contributed by atoms with Gasteiger partial charge in [0.1, 0.15) is 6.54 Å². The number of hydrogen-bond donors (Lipinski definition) is 1. The molecule has 1 saturated heterocycles. The first kappa shape index (κ1) is 18.1. The second-order valence-electron chi connectivity index (χ2n) is 8.55. The van der Waals surface area contributed by atoms with Gasteiger partial charge in [-0.05, 0) is 24.8 Å². The first-order chi connectivity index (χ1) is 14.0. The molecule has 5 nitrogen and oxygen atoms in total. The maximum absolute atomic E-state index is 11.2. The summed E-state index contributed by atoms with van der Waals surface area (Å²) >= 11 is 0. The summed E-state index contributed by atoms with van der Waals surface area (Å²) < 4.78 is 1.55. The zero-order valence-electron chi connectivity index (χ0n) is 16.6. The molecule has 5 rings (SSSR count). The predicted octanol–water partition coefficient (Wildman–Crippen LogP) is 3.72. The molecule has 0 unspecified atom stereocenters. The van der Waals surface area contributed by atoms with Gasteiger partial charge in [0.15, 0.2) is 0 Å². The van der Waals surface area contributed by atoms with E-state index in [1.54, 1.807) is 4.68 Å². The van der Waals surface area contributed by atoms with Crippen LogP contribution in [0.1, 0.15) is 23.1 Å². The summed E-state index contributed by atoms with van der Waals surface area (Å²) in [6, 6.07) is 19.0. The Hall–Kier alpha value is -2.92. The minimum Gasteiger partial charge on any atom is -0.480 e. The summed E-state index contributed by atoms with van der Waals surface area (Å²) in [5.74, 6) is -0.154. The van der Waals surface area contributed by atoms with Gasteiger partial charge >= 0.3 is 5.97 Å². The number of carbonyl (C=O) groups is 1. The third-order valence-corrected chi connectivity index (χ3v) is 6.42. The number of hydrogen-bond acceptors (Lipinski definition) is 3. The third-order valence-electron chi connectivity index (χ3n) is 6.42. The Bertz CT molecular complexity index is 1040. The molecule has 5 heteroatoms. The van der Waals surface area contributed by atoms with Gasteiger partial charge in [-0.1, -0.05) is 60.2 Å². The monoisotopic (exact) mass is 387 g/mol. The normalized spacial score (nSPS) is 23.1. The molecule has 2 fully saturated rings. The highest BCUT2D eigenvalue weighted by Crippen LogP contribution is 2.59. The number of rotatable bonds is 6. The molecule has 148 valence electrons. The van der Waals surface area contributed by atoms with Gasteiger partial charge in [0.2, 0.25) is 0 Å². The molecule has 1 aliphatic heterocycles. The first-order valence-corrected chi connectivity index (χ1v) is 10.2. The number of benzene rings is 2. The minimum absolute atomic E-state index is 0.115. The van der Waals surface area contributed by atoms with Crippen LogP contribution in [0.15, 0.2) is 60.8 Å². The van der Waals surface area contributed by atoms with Crippen LogP contribution >= 0.6 is 0 Å². The lowest BCUT2D eigenvalue weighted by Crippen LogP contribution is -2.26. The van der Waals surface area contributed by atoms with Crippen molar-refractivity contribution in [3.63, 3.8) is 0 Å². The van der Waals surface area contributed by atoms with Crippen LogP contribution in [0.2, 0.25) is 0 Å². The van der Waals surface area contributed by atoms with Crippen molar-refractivity contribution < 1.29 is 9.90 Å². The Kier molecular flexibility index (Phi) is 4.28. The number of carboxylic acids is 1. The molecule has 3 aromatic rings. The van der Waals surface area contributed by atoms with E-state index in [1.807, 2.05) is 36.5 Å². The van der Waals surface area contributed by atoms with Crippen molar-refractivity contribution in [3.05, 3.63) is 77.5 Å². The van der Waals surface area contributed by atoms with Gasteiger partial charge in [-0.25, -0.2) is 0 Å². The van der Waals surface area contributed by atoms with Crippen molar-refractivity contribution >= 4 is 5.97 Å². The molecule has 1 aromatic heterocycles. The molecule has 1 saturated carbocycles. The number of aromatic nitrogens is 2. The van der Waals surface area contributed by atoms with Crippen LogP contribution < -0.4 is 0 Å². The van der Waals surface area contributed by atoms with E-state index in [-0.39, 0.29) is 6.54 Å². The average Bonchev–Trinajstić information content (AvgIpc) is 3.06. The van der Waals surface area contributed by atoms with Crippen molar-refractivity contribution in [2.45, 2.75) is 31.8 Å². The van der Waals surface area contributed by atoms with Gasteiger partial charge in [-0.2, -0.15) is 5.10 Å². The highest BCUT2D eigenvalue weighted by molar-refractivity contribution is 5.67. The standard InChI is InChI=1S/C24H25N3O2/c1-17-7-9-20(10-8-17)24-11-21(24)14-26(16-24)12-19-13-27(15-22(28)29)25-23(19)18-5-3-2-4-6-18/h2-10,13,21H,11-12,14-16H2,1H3,(H,28,29)/t21-,24+/m0/s1. The highest BCUT2D eigenvalue weighted by Gasteiger charge is 2.60. The van der Waals surface area contributed by atoms with E-state index in [0.717, 1.165) is 42.4 Å². The van der Waals surface area contributed by atoms with E-state index < -0.39 is 5.97 Å². The second kappa shape index (κ2) is 6.85. The van der Waals surface area contributed by atoms with Gasteiger partial charge in [-0.15, -0.1) is 0 Å². The third kappa shape index (κ3) is 3.36. The number of likely N-dealkylation sites (tertiary alicyclic amines) is 1. The summed E-state index contributed by atoms with van der Waals surface area (Å²) in [5, 5.41) is 13.8. The number of nitrogens with zero attached hydrogens (tertiary/aromatic N) is 3. The summed E-state index contributed by atoms with van der Waals surface area (Å²) in [5.41, 5.74) is 6.08. The number of fused-ring (bicyclic) bond motifs is 1. The Morgan fingerprint density at radius 1 is 1.17 bits per heavy atom. The van der Waals surface area contributed by atoms with E-state index in [0.29, 0.717) is 5.41 Å². The largest absolute Gasteiger partial charge is 0.480 e. The molecule has 2 heterocycles. The summed E-state index contributed by atoms with van der Waals surface area (Å²) in [7, 11) is 0. The van der Waals surface area contributed by atoms with Crippen LogP contribution in [0.4, 0.5) is 0 Å². The second-order valence-corrected chi connectivity index (χ2v) is 8.55. The van der Waals surface area contributed by atoms with Crippen molar-refractivity contribution in [3.8, 4) is 11.3 Å². The number of aliphatic carboxylic acids is 1. The molecule has 1 aliphatic carbocycles. The minimum atomic E-state index is -0.876. The Morgan fingerprint density at radius 3 is 2.66 bits per heavy atom. The molecule has 2 atom stereocenters. The molecular formula is C24H25N3O2. The summed E-state index contributed by atoms with van der Waals surface area (Å²) in [4.78, 5) is 13.7. The summed E-state index contributed by atoms with van der Waals surface area (Å²) in [6.07, 6.45) is 3.18. The van der Waals surface area contributed by atoms with Gasteiger partial charge in [0.05, 0.1) is 5.69 Å². The van der Waals surface area contributed by atoms with Crippen LogP contribution in [0.5, 0.6) is 0 Å². The van der Waals surface area contributed by atoms with Crippen LogP contribution in [-0.4, -0.2) is 38.8 Å². The Balaban J connectivity index is 1.39. The number of aryl methyl sites for hydroxylation is 1. The SMILES string of the molecule is Cc1ccc([C@]23C[C@H]2CN(Cc2cn(CC(=O)O)nc2-c2ccccc2)C3)cc1. The van der Waals surface area contributed by atoms with Gasteiger partial charge < -0.3 is 5.11 Å². The lowest BCUT2D eigenvalue weighted by Gasteiger charge is -2.21. The van der Waals surface area contributed by atoms with Crippen LogP contribution in [0, 0.1) is 12.8 Å². The van der Waals surface area contributed by atoms with Crippen molar-refractivity contribution in [2.75, 3.05) is 13.1 Å². The molecule has 1 N–H and O–H groups in total. The van der Waals surface area contributed by atoms with Gasteiger partial charge in [-0.3, -0.25) is 14.4 Å². The smallest absolute Gasteiger partial charge is 0.325 e. The predicted molar refractivity (Wildman–Crippen MR) is 112 cm³/mol. The zero-order valence-corrected chi connectivity index (χ0v) is 16.6. The maximum atomic E-state index is 11.2. The van der Waals surface area contributed by atoms with Crippen LogP contribution in [0.3, 0.4) is 0 Å². The van der Waals surface area contributed by atoms with E-state index >= 15 is 0 Å². The Labute approximate surface area is 170 Å². The number of piperidine rings is 1. The fraction of sp³-hybridized carbons (Fsp3) is 0.333. The van der Waals surface area contributed by atoms with Crippen molar-refractivity contribution in [1.82, 2.24) is 14.7 Å².